The summed E-state index contributed by atoms with van der Waals surface area (Å²) >= 11 is 19.0. The Morgan fingerprint density at radius 2 is 1.76 bits per heavy atom. The Hall–Kier alpha value is -1.05. The molecule has 186 valence electrons. The minimum Gasteiger partial charge on any atom is -0.392 e. The van der Waals surface area contributed by atoms with E-state index in [1.165, 1.54) is 5.56 Å². The summed E-state index contributed by atoms with van der Waals surface area (Å²) in [6, 6.07) is 12.3. The highest BCUT2D eigenvalue weighted by molar-refractivity contribution is 6.35. The molecule has 34 heavy (non-hydrogen) atoms. The van der Waals surface area contributed by atoms with Crippen molar-refractivity contribution in [3.8, 4) is 0 Å². The zero-order valence-electron chi connectivity index (χ0n) is 19.6. The third kappa shape index (κ3) is 6.19. The Balaban J connectivity index is 1.38. The van der Waals surface area contributed by atoms with Crippen LogP contribution >= 0.6 is 34.8 Å². The van der Waals surface area contributed by atoms with E-state index in [2.05, 4.69) is 29.3 Å². The van der Waals surface area contributed by atoms with Crippen LogP contribution in [0.2, 0.25) is 15.1 Å². The van der Waals surface area contributed by atoms with E-state index in [1.807, 2.05) is 23.1 Å². The number of likely N-dealkylation sites (tertiary alicyclic amines) is 2. The molecule has 2 fully saturated rings. The molecule has 2 aromatic rings. The van der Waals surface area contributed by atoms with Crippen molar-refractivity contribution in [2.75, 3.05) is 38.1 Å². The molecule has 2 aliphatic rings. The smallest absolute Gasteiger partial charge is 0.130 e. The van der Waals surface area contributed by atoms with Crippen LogP contribution in [0, 0.1) is 0 Å². The van der Waals surface area contributed by atoms with Crippen LogP contribution in [0.1, 0.15) is 55.7 Å². The fraction of sp³-hybridized carbons (Fsp3) is 0.538. The SMILES string of the molecule is C[C@@H](Nc1cc(C2CCN(C3CCCN(C(O)CO)C3)CC2)ccc1Cl)c1ccc(Cl)cc1Cl. The van der Waals surface area contributed by atoms with Crippen LogP contribution in [-0.4, -0.2) is 65.1 Å². The molecule has 2 aromatic carbocycles. The number of benzene rings is 2. The molecular formula is C26H34Cl3N3O2. The Morgan fingerprint density at radius 1 is 1.00 bits per heavy atom. The normalized spacial score (nSPS) is 22.5. The van der Waals surface area contributed by atoms with Crippen molar-refractivity contribution in [1.29, 1.82) is 0 Å². The predicted molar refractivity (Wildman–Crippen MR) is 141 cm³/mol. The maximum Gasteiger partial charge on any atom is 0.130 e. The molecule has 2 aliphatic heterocycles. The molecule has 0 aliphatic carbocycles. The molecule has 2 unspecified atom stereocenters. The van der Waals surface area contributed by atoms with Crippen molar-refractivity contribution in [2.24, 2.45) is 0 Å². The molecule has 0 saturated carbocycles. The number of piperidine rings is 2. The van der Waals surface area contributed by atoms with Crippen LogP contribution in [0.15, 0.2) is 36.4 Å². The number of nitrogens with one attached hydrogen (secondary N) is 1. The van der Waals surface area contributed by atoms with Gasteiger partial charge in [0.05, 0.1) is 23.4 Å². The fourth-order valence-electron chi connectivity index (χ4n) is 5.34. The number of halogens is 3. The molecule has 0 aromatic heterocycles. The van der Waals surface area contributed by atoms with Crippen LogP contribution in [0.25, 0.3) is 0 Å². The van der Waals surface area contributed by atoms with Gasteiger partial charge in [-0.25, -0.2) is 0 Å². The van der Waals surface area contributed by atoms with Crippen LogP contribution < -0.4 is 5.32 Å². The number of aliphatic hydroxyl groups excluding tert-OH is 2. The van der Waals surface area contributed by atoms with Gasteiger partial charge in [0, 0.05) is 29.2 Å². The maximum absolute atomic E-state index is 10.0. The van der Waals surface area contributed by atoms with Crippen LogP contribution in [0.5, 0.6) is 0 Å². The van der Waals surface area contributed by atoms with E-state index in [1.54, 1.807) is 6.07 Å². The van der Waals surface area contributed by atoms with E-state index in [0.29, 0.717) is 27.0 Å². The number of anilines is 1. The Bertz CT molecular complexity index is 968. The zero-order chi connectivity index (χ0) is 24.2. The first-order chi connectivity index (χ1) is 16.4. The summed E-state index contributed by atoms with van der Waals surface area (Å²) in [5.41, 5.74) is 3.21. The maximum atomic E-state index is 10.0. The number of nitrogens with zero attached hydrogens (tertiary/aromatic N) is 2. The average molecular weight is 527 g/mol. The van der Waals surface area contributed by atoms with Gasteiger partial charge in [-0.15, -0.1) is 0 Å². The lowest BCUT2D eigenvalue weighted by molar-refractivity contribution is -0.0620. The largest absolute Gasteiger partial charge is 0.392 e. The molecule has 2 heterocycles. The minimum atomic E-state index is -0.745. The van der Waals surface area contributed by atoms with Crippen molar-refractivity contribution >= 4 is 40.5 Å². The summed E-state index contributed by atoms with van der Waals surface area (Å²) in [7, 11) is 0. The highest BCUT2D eigenvalue weighted by Gasteiger charge is 2.31. The third-order valence-corrected chi connectivity index (χ3v) is 8.21. The Labute approximate surface area is 217 Å². The Kier molecular flexibility index (Phi) is 9.02. The van der Waals surface area contributed by atoms with E-state index in [9.17, 15) is 10.2 Å². The van der Waals surface area contributed by atoms with Gasteiger partial charge in [-0.3, -0.25) is 9.80 Å². The first kappa shape index (κ1) is 26.0. The first-order valence-electron chi connectivity index (χ1n) is 12.1. The predicted octanol–water partition coefficient (Wildman–Crippen LogP) is 5.77. The molecule has 0 bridgehead atoms. The van der Waals surface area contributed by atoms with Crippen LogP contribution in [-0.2, 0) is 0 Å². The zero-order valence-corrected chi connectivity index (χ0v) is 21.8. The van der Waals surface area contributed by atoms with Crippen molar-refractivity contribution < 1.29 is 10.2 Å². The highest BCUT2D eigenvalue weighted by Crippen LogP contribution is 2.36. The average Bonchev–Trinajstić information content (AvgIpc) is 2.85. The minimum absolute atomic E-state index is 0.0112. The second-order valence-electron chi connectivity index (χ2n) is 9.54. The van der Waals surface area contributed by atoms with E-state index < -0.39 is 6.23 Å². The highest BCUT2D eigenvalue weighted by atomic mass is 35.5. The lowest BCUT2D eigenvalue weighted by Gasteiger charge is -2.43. The van der Waals surface area contributed by atoms with E-state index in [-0.39, 0.29) is 12.6 Å². The van der Waals surface area contributed by atoms with Gasteiger partial charge in [-0.1, -0.05) is 46.9 Å². The van der Waals surface area contributed by atoms with Gasteiger partial charge < -0.3 is 15.5 Å². The summed E-state index contributed by atoms with van der Waals surface area (Å²) in [4.78, 5) is 4.57. The summed E-state index contributed by atoms with van der Waals surface area (Å²) in [6.07, 6.45) is 3.66. The molecule has 3 atom stereocenters. The van der Waals surface area contributed by atoms with Crippen molar-refractivity contribution in [3.63, 3.8) is 0 Å². The molecule has 0 amide bonds. The van der Waals surface area contributed by atoms with Gasteiger partial charge in [-0.05, 0) is 87.0 Å². The summed E-state index contributed by atoms with van der Waals surface area (Å²) in [5, 5.41) is 24.8. The van der Waals surface area contributed by atoms with Gasteiger partial charge >= 0.3 is 0 Å². The Morgan fingerprint density at radius 3 is 2.47 bits per heavy atom. The lowest BCUT2D eigenvalue weighted by atomic mass is 9.88. The van der Waals surface area contributed by atoms with E-state index in [0.717, 1.165) is 63.1 Å². The second-order valence-corrected chi connectivity index (χ2v) is 10.8. The van der Waals surface area contributed by atoms with E-state index >= 15 is 0 Å². The second kappa shape index (κ2) is 11.8. The van der Waals surface area contributed by atoms with Crippen molar-refractivity contribution in [3.05, 3.63) is 62.6 Å². The van der Waals surface area contributed by atoms with Gasteiger partial charge in [0.15, 0.2) is 0 Å². The molecule has 0 radical (unpaired) electrons. The third-order valence-electron chi connectivity index (χ3n) is 7.32. The van der Waals surface area contributed by atoms with Crippen LogP contribution in [0.3, 0.4) is 0 Å². The first-order valence-corrected chi connectivity index (χ1v) is 13.3. The van der Waals surface area contributed by atoms with Gasteiger partial charge in [0.25, 0.3) is 0 Å². The van der Waals surface area contributed by atoms with Gasteiger partial charge in [-0.2, -0.15) is 0 Å². The van der Waals surface area contributed by atoms with Crippen molar-refractivity contribution in [2.45, 2.75) is 56.8 Å². The van der Waals surface area contributed by atoms with E-state index in [4.69, 9.17) is 34.8 Å². The monoisotopic (exact) mass is 525 g/mol. The van der Waals surface area contributed by atoms with Gasteiger partial charge in [0.1, 0.15) is 6.23 Å². The number of aliphatic hydroxyl groups is 2. The van der Waals surface area contributed by atoms with Crippen LogP contribution in [0.4, 0.5) is 5.69 Å². The quantitative estimate of drug-likeness (QED) is 0.427. The molecular weight excluding hydrogens is 493 g/mol. The molecule has 2 saturated heterocycles. The standard InChI is InChI=1S/C26H34Cl3N3O2/c1-17(22-6-5-20(27)14-24(22)29)30-25-13-19(4-7-23(25)28)18-8-11-31(12-9-18)21-3-2-10-32(15-21)26(34)16-33/h4-7,13-14,17-18,21,26,30,33-34H,2-3,8-12,15-16H2,1H3/t17-,21?,26?/m1/s1. The number of hydrogen-bond acceptors (Lipinski definition) is 5. The van der Waals surface area contributed by atoms with Gasteiger partial charge in [0.2, 0.25) is 0 Å². The number of hydrogen-bond donors (Lipinski definition) is 3. The van der Waals surface area contributed by atoms with Crippen molar-refractivity contribution in [1.82, 2.24) is 9.80 Å². The molecule has 3 N–H and O–H groups in total. The summed E-state index contributed by atoms with van der Waals surface area (Å²) < 4.78 is 0. The number of rotatable bonds is 7. The molecule has 5 nitrogen and oxygen atoms in total. The molecule has 8 heteroatoms. The topological polar surface area (TPSA) is 59.0 Å². The summed E-state index contributed by atoms with van der Waals surface area (Å²) in [6.45, 7) is 5.63. The molecule has 4 rings (SSSR count). The summed E-state index contributed by atoms with van der Waals surface area (Å²) in [5.74, 6) is 0.492. The lowest BCUT2D eigenvalue weighted by Crippen LogP contribution is -2.53. The fourth-order valence-corrected chi connectivity index (χ4v) is 6.08. The molecule has 0 spiro atoms.